The highest BCUT2D eigenvalue weighted by Gasteiger charge is 2.26. The van der Waals surface area contributed by atoms with Crippen LogP contribution in [0.5, 0.6) is 11.5 Å². The minimum absolute atomic E-state index is 0.226. The van der Waals surface area contributed by atoms with Crippen LogP contribution in [-0.4, -0.2) is 32.7 Å². The summed E-state index contributed by atoms with van der Waals surface area (Å²) in [6, 6.07) is 12.8. The lowest BCUT2D eigenvalue weighted by molar-refractivity contribution is 0.0529. The number of rotatable bonds is 7. The molecule has 1 aromatic heterocycles. The van der Waals surface area contributed by atoms with Gasteiger partial charge in [-0.3, -0.25) is 4.79 Å². The van der Waals surface area contributed by atoms with Crippen molar-refractivity contribution in [3.8, 4) is 22.6 Å². The van der Waals surface area contributed by atoms with Gasteiger partial charge in [-0.05, 0) is 50.1 Å². The van der Waals surface area contributed by atoms with E-state index in [1.54, 1.807) is 33.3 Å². The lowest BCUT2D eigenvalue weighted by atomic mass is 10.0. The average Bonchev–Trinajstić information content (AvgIpc) is 3.09. The summed E-state index contributed by atoms with van der Waals surface area (Å²) in [6.07, 6.45) is 0. The molecule has 0 bridgehead atoms. The zero-order valence-corrected chi connectivity index (χ0v) is 19.0. The summed E-state index contributed by atoms with van der Waals surface area (Å²) >= 11 is 1.34. The van der Waals surface area contributed by atoms with Crippen molar-refractivity contribution in [3.63, 3.8) is 0 Å². The molecule has 162 valence electrons. The summed E-state index contributed by atoms with van der Waals surface area (Å²) in [5, 5.41) is 3.36. The van der Waals surface area contributed by atoms with Crippen molar-refractivity contribution < 1.29 is 23.8 Å². The van der Waals surface area contributed by atoms with E-state index < -0.39 is 5.97 Å². The summed E-state index contributed by atoms with van der Waals surface area (Å²) in [6.45, 7) is 5.75. The highest BCUT2D eigenvalue weighted by atomic mass is 32.1. The number of amides is 1. The quantitative estimate of drug-likeness (QED) is 0.494. The number of benzene rings is 2. The third-order valence-electron chi connectivity index (χ3n) is 4.85. The second kappa shape index (κ2) is 9.66. The van der Waals surface area contributed by atoms with E-state index in [-0.39, 0.29) is 12.5 Å². The van der Waals surface area contributed by atoms with Gasteiger partial charge in [0.2, 0.25) is 0 Å². The number of hydrogen-bond donors (Lipinski definition) is 1. The van der Waals surface area contributed by atoms with E-state index in [2.05, 4.69) is 5.32 Å². The van der Waals surface area contributed by atoms with E-state index in [1.165, 1.54) is 11.3 Å². The van der Waals surface area contributed by atoms with Crippen molar-refractivity contribution >= 4 is 28.2 Å². The Hall–Kier alpha value is -3.32. The van der Waals surface area contributed by atoms with Crippen LogP contribution in [0.25, 0.3) is 11.1 Å². The SMILES string of the molecule is CCOC(=O)c1c(NC(=O)c2ccccc2C)sc(C)c1-c1ccc(OC)c(OC)c1. The van der Waals surface area contributed by atoms with E-state index in [0.717, 1.165) is 16.0 Å². The van der Waals surface area contributed by atoms with Gasteiger partial charge in [0, 0.05) is 16.0 Å². The molecule has 0 atom stereocenters. The molecule has 0 unspecified atom stereocenters. The first-order valence-corrected chi connectivity index (χ1v) is 10.6. The predicted molar refractivity (Wildman–Crippen MR) is 123 cm³/mol. The van der Waals surface area contributed by atoms with Gasteiger partial charge in [-0.1, -0.05) is 24.3 Å². The number of carbonyl (C=O) groups excluding carboxylic acids is 2. The molecule has 7 heteroatoms. The van der Waals surface area contributed by atoms with Gasteiger partial charge in [-0.2, -0.15) is 0 Å². The molecule has 0 aliphatic carbocycles. The molecular formula is C24H25NO5S. The van der Waals surface area contributed by atoms with Gasteiger partial charge in [0.1, 0.15) is 10.6 Å². The number of aryl methyl sites for hydroxylation is 2. The lowest BCUT2D eigenvalue weighted by Gasteiger charge is -2.12. The van der Waals surface area contributed by atoms with Gasteiger partial charge in [-0.25, -0.2) is 4.79 Å². The van der Waals surface area contributed by atoms with Crippen LogP contribution < -0.4 is 14.8 Å². The van der Waals surface area contributed by atoms with Crippen LogP contribution >= 0.6 is 11.3 Å². The molecule has 1 heterocycles. The number of nitrogens with one attached hydrogen (secondary N) is 1. The van der Waals surface area contributed by atoms with Crippen LogP contribution in [-0.2, 0) is 4.74 Å². The van der Waals surface area contributed by atoms with Crippen LogP contribution in [0.15, 0.2) is 42.5 Å². The van der Waals surface area contributed by atoms with Gasteiger partial charge >= 0.3 is 5.97 Å². The largest absolute Gasteiger partial charge is 0.493 e. The second-order valence-corrected chi connectivity index (χ2v) is 8.02. The Balaban J connectivity index is 2.11. The predicted octanol–water partition coefficient (Wildman–Crippen LogP) is 5.48. The number of anilines is 1. The molecule has 1 amide bonds. The molecule has 0 aliphatic rings. The zero-order valence-electron chi connectivity index (χ0n) is 18.2. The standard InChI is InChI=1S/C24H25NO5S/c1-6-30-24(27)21-20(16-11-12-18(28-4)19(13-16)29-5)15(3)31-23(21)25-22(26)17-10-8-7-9-14(17)2/h7-13H,6H2,1-5H3,(H,25,26). The van der Waals surface area contributed by atoms with Crippen molar-refractivity contribution in [1.82, 2.24) is 0 Å². The third kappa shape index (κ3) is 4.56. The highest BCUT2D eigenvalue weighted by Crippen LogP contribution is 2.43. The Morgan fingerprint density at radius 2 is 1.71 bits per heavy atom. The summed E-state index contributed by atoms with van der Waals surface area (Å²) in [5.74, 6) is 0.372. The molecule has 0 spiro atoms. The summed E-state index contributed by atoms with van der Waals surface area (Å²) in [7, 11) is 3.12. The molecule has 6 nitrogen and oxygen atoms in total. The Morgan fingerprint density at radius 1 is 1.00 bits per heavy atom. The molecule has 0 fully saturated rings. The van der Waals surface area contributed by atoms with Gasteiger partial charge in [0.05, 0.1) is 20.8 Å². The van der Waals surface area contributed by atoms with Gasteiger partial charge in [0.15, 0.2) is 11.5 Å². The van der Waals surface area contributed by atoms with Crippen molar-refractivity contribution in [2.24, 2.45) is 0 Å². The fourth-order valence-corrected chi connectivity index (χ4v) is 4.43. The molecule has 3 rings (SSSR count). The third-order valence-corrected chi connectivity index (χ3v) is 5.87. The van der Waals surface area contributed by atoms with Crippen LogP contribution in [0, 0.1) is 13.8 Å². The topological polar surface area (TPSA) is 73.9 Å². The summed E-state index contributed by atoms with van der Waals surface area (Å²) in [5.41, 5.74) is 3.20. The van der Waals surface area contributed by atoms with E-state index in [9.17, 15) is 9.59 Å². The number of carbonyl (C=O) groups is 2. The molecular weight excluding hydrogens is 414 g/mol. The smallest absolute Gasteiger partial charge is 0.341 e. The summed E-state index contributed by atoms with van der Waals surface area (Å²) < 4.78 is 16.1. The normalized spacial score (nSPS) is 10.5. The van der Waals surface area contributed by atoms with E-state index in [4.69, 9.17) is 14.2 Å². The number of methoxy groups -OCH3 is 2. The van der Waals surface area contributed by atoms with Crippen molar-refractivity contribution in [1.29, 1.82) is 0 Å². The molecule has 2 aromatic carbocycles. The van der Waals surface area contributed by atoms with E-state index >= 15 is 0 Å². The molecule has 0 saturated heterocycles. The number of ether oxygens (including phenoxy) is 3. The first kappa shape index (κ1) is 22.4. The van der Waals surface area contributed by atoms with Crippen LogP contribution in [0.2, 0.25) is 0 Å². The van der Waals surface area contributed by atoms with Gasteiger partial charge in [-0.15, -0.1) is 11.3 Å². The second-order valence-electron chi connectivity index (χ2n) is 6.80. The fraction of sp³-hybridized carbons (Fsp3) is 0.250. The van der Waals surface area contributed by atoms with E-state index in [1.807, 2.05) is 44.2 Å². The maximum atomic E-state index is 12.9. The molecule has 0 aliphatic heterocycles. The zero-order chi connectivity index (χ0) is 22.5. The van der Waals surface area contributed by atoms with Gasteiger partial charge in [0.25, 0.3) is 5.91 Å². The maximum Gasteiger partial charge on any atom is 0.341 e. The Labute approximate surface area is 185 Å². The van der Waals surface area contributed by atoms with E-state index in [0.29, 0.717) is 33.2 Å². The van der Waals surface area contributed by atoms with Gasteiger partial charge < -0.3 is 19.5 Å². The Bertz CT molecular complexity index is 1120. The minimum atomic E-state index is -0.489. The number of esters is 1. The van der Waals surface area contributed by atoms with Crippen molar-refractivity contribution in [3.05, 3.63) is 64.0 Å². The number of thiophene rings is 1. The maximum absolute atomic E-state index is 12.9. The first-order chi connectivity index (χ1) is 14.9. The molecule has 31 heavy (non-hydrogen) atoms. The minimum Gasteiger partial charge on any atom is -0.493 e. The molecule has 3 aromatic rings. The summed E-state index contributed by atoms with van der Waals surface area (Å²) in [4.78, 5) is 26.7. The van der Waals surface area contributed by atoms with Crippen molar-refractivity contribution in [2.45, 2.75) is 20.8 Å². The van der Waals surface area contributed by atoms with Crippen LogP contribution in [0.1, 0.15) is 38.1 Å². The molecule has 0 radical (unpaired) electrons. The number of hydrogen-bond acceptors (Lipinski definition) is 6. The fourth-order valence-electron chi connectivity index (χ4n) is 3.37. The Kier molecular flexibility index (Phi) is 6.97. The average molecular weight is 440 g/mol. The molecule has 1 N–H and O–H groups in total. The highest BCUT2D eigenvalue weighted by molar-refractivity contribution is 7.17. The van der Waals surface area contributed by atoms with Crippen LogP contribution in [0.4, 0.5) is 5.00 Å². The monoisotopic (exact) mass is 439 g/mol. The van der Waals surface area contributed by atoms with Crippen LogP contribution in [0.3, 0.4) is 0 Å². The Morgan fingerprint density at radius 3 is 2.35 bits per heavy atom. The van der Waals surface area contributed by atoms with Crippen molar-refractivity contribution in [2.75, 3.05) is 26.1 Å². The first-order valence-electron chi connectivity index (χ1n) is 9.81. The molecule has 0 saturated carbocycles. The lowest BCUT2D eigenvalue weighted by Crippen LogP contribution is -2.15.